The molecule has 0 saturated heterocycles. The maximum absolute atomic E-state index is 6.84. The Morgan fingerprint density at radius 2 is 0.860 bits per heavy atom. The lowest BCUT2D eigenvalue weighted by atomic mass is 9.98. The fourth-order valence-electron chi connectivity index (χ4n) is 6.72. The summed E-state index contributed by atoms with van der Waals surface area (Å²) in [5.41, 5.74) is 7.06. The maximum atomic E-state index is 6.84. The minimum absolute atomic E-state index is 0.179. The van der Waals surface area contributed by atoms with E-state index in [0.29, 0.717) is 0 Å². The highest BCUT2D eigenvalue weighted by Crippen LogP contribution is 2.38. The molecule has 0 radical (unpaired) electrons. The molecule has 3 nitrogen and oxygen atoms in total. The molecule has 1 aromatic heterocycles. The first-order chi connectivity index (χ1) is 21.2. The molecule has 0 unspecified atom stereocenters. The van der Waals surface area contributed by atoms with Gasteiger partial charge in [0, 0.05) is 47.1 Å². The SMILES string of the molecule is CC[C@@H](NCc1cccc2ccccc12)c1cccc2c1oc1c([C@@H](CC)NCc3cccc4ccccc34)cccc12. The third-order valence-electron chi connectivity index (χ3n) is 8.99. The Morgan fingerprint density at radius 3 is 1.33 bits per heavy atom. The standard InChI is InChI=1S/C40H38N2O/c1-3-37(41-25-29-17-9-15-27-13-5-7-19-31(27)29)35-23-11-21-33-34-22-12-24-36(40(34)43-39(33)35)38(4-2)42-26-30-18-10-16-28-14-6-8-20-32(28)30/h5-24,37-38,41-42H,3-4,25-26H2,1-2H3/t37-,38-/m1/s1. The van der Waals surface area contributed by atoms with E-state index in [9.17, 15) is 0 Å². The largest absolute Gasteiger partial charge is 0.455 e. The fourth-order valence-corrected chi connectivity index (χ4v) is 6.72. The van der Waals surface area contributed by atoms with E-state index in [1.54, 1.807) is 0 Å². The molecule has 2 N–H and O–H groups in total. The summed E-state index contributed by atoms with van der Waals surface area (Å²) in [5, 5.41) is 15.3. The van der Waals surface area contributed by atoms with E-state index in [1.807, 2.05) is 0 Å². The molecule has 3 heteroatoms. The van der Waals surface area contributed by atoms with Gasteiger partial charge in [0.1, 0.15) is 11.2 Å². The van der Waals surface area contributed by atoms with E-state index in [1.165, 1.54) is 54.6 Å². The van der Waals surface area contributed by atoms with Crippen LogP contribution in [0.2, 0.25) is 0 Å². The predicted molar refractivity (Wildman–Crippen MR) is 181 cm³/mol. The second-order valence-corrected chi connectivity index (χ2v) is 11.5. The van der Waals surface area contributed by atoms with Gasteiger partial charge in [-0.25, -0.2) is 0 Å². The Kier molecular flexibility index (Phi) is 7.67. The number of rotatable bonds is 10. The predicted octanol–water partition coefficient (Wildman–Crippen LogP) is 10.4. The van der Waals surface area contributed by atoms with Crippen LogP contribution in [0.5, 0.6) is 0 Å². The zero-order valence-corrected chi connectivity index (χ0v) is 24.9. The molecule has 0 saturated carbocycles. The van der Waals surface area contributed by atoms with Crippen molar-refractivity contribution in [2.75, 3.05) is 0 Å². The number of furan rings is 1. The first kappa shape index (κ1) is 27.4. The van der Waals surface area contributed by atoms with E-state index in [0.717, 1.165) is 37.1 Å². The second-order valence-electron chi connectivity index (χ2n) is 11.5. The zero-order chi connectivity index (χ0) is 29.2. The smallest absolute Gasteiger partial charge is 0.140 e. The van der Waals surface area contributed by atoms with Crippen LogP contribution in [-0.2, 0) is 13.1 Å². The first-order valence-corrected chi connectivity index (χ1v) is 15.6. The van der Waals surface area contributed by atoms with Gasteiger partial charge < -0.3 is 15.1 Å². The molecule has 214 valence electrons. The summed E-state index contributed by atoms with van der Waals surface area (Å²) >= 11 is 0. The third-order valence-corrected chi connectivity index (χ3v) is 8.99. The van der Waals surface area contributed by atoms with Gasteiger partial charge in [-0.15, -0.1) is 0 Å². The van der Waals surface area contributed by atoms with Crippen LogP contribution in [0.3, 0.4) is 0 Å². The molecule has 7 rings (SSSR count). The molecule has 2 atom stereocenters. The van der Waals surface area contributed by atoms with Crippen LogP contribution < -0.4 is 10.6 Å². The van der Waals surface area contributed by atoms with Crippen molar-refractivity contribution in [2.45, 2.75) is 51.9 Å². The number of hydrogen-bond donors (Lipinski definition) is 2. The van der Waals surface area contributed by atoms with E-state index >= 15 is 0 Å². The lowest BCUT2D eigenvalue weighted by Crippen LogP contribution is -2.20. The normalized spacial score (nSPS) is 13.3. The summed E-state index contributed by atoms with van der Waals surface area (Å²) in [4.78, 5) is 0. The summed E-state index contributed by atoms with van der Waals surface area (Å²) in [6.45, 7) is 6.10. The van der Waals surface area contributed by atoms with E-state index in [2.05, 4.69) is 146 Å². The van der Waals surface area contributed by atoms with Crippen LogP contribution in [0.1, 0.15) is 61.0 Å². The molecule has 0 aliphatic rings. The molecule has 0 bridgehead atoms. The van der Waals surface area contributed by atoms with Gasteiger partial charge >= 0.3 is 0 Å². The van der Waals surface area contributed by atoms with Gasteiger partial charge in [-0.1, -0.05) is 135 Å². The van der Waals surface area contributed by atoms with Crippen molar-refractivity contribution in [1.29, 1.82) is 0 Å². The number of benzene rings is 6. The van der Waals surface area contributed by atoms with Gasteiger partial charge in [-0.3, -0.25) is 0 Å². The van der Waals surface area contributed by atoms with Gasteiger partial charge in [0.2, 0.25) is 0 Å². The lowest BCUT2D eigenvalue weighted by Gasteiger charge is -2.19. The van der Waals surface area contributed by atoms with Crippen LogP contribution in [0.4, 0.5) is 0 Å². The van der Waals surface area contributed by atoms with Crippen molar-refractivity contribution in [2.24, 2.45) is 0 Å². The third kappa shape index (κ3) is 5.20. The number of hydrogen-bond acceptors (Lipinski definition) is 3. The van der Waals surface area contributed by atoms with Gasteiger partial charge in [0.05, 0.1) is 0 Å². The number of para-hydroxylation sites is 2. The summed E-state index contributed by atoms with van der Waals surface area (Å²) in [5.74, 6) is 0. The molecule has 6 aromatic carbocycles. The minimum atomic E-state index is 0.179. The van der Waals surface area contributed by atoms with E-state index < -0.39 is 0 Å². The molecule has 0 amide bonds. The van der Waals surface area contributed by atoms with Gasteiger partial charge in [-0.05, 0) is 45.5 Å². The van der Waals surface area contributed by atoms with Crippen molar-refractivity contribution in [3.05, 3.63) is 144 Å². The Balaban J connectivity index is 1.20. The van der Waals surface area contributed by atoms with Crippen LogP contribution in [0, 0.1) is 0 Å². The molecule has 0 fully saturated rings. The summed E-state index contributed by atoms with van der Waals surface area (Å²) in [6, 6.07) is 44.0. The molecule has 43 heavy (non-hydrogen) atoms. The Bertz CT molecular complexity index is 1880. The van der Waals surface area contributed by atoms with Crippen LogP contribution >= 0.6 is 0 Å². The van der Waals surface area contributed by atoms with Crippen molar-refractivity contribution in [3.63, 3.8) is 0 Å². The maximum Gasteiger partial charge on any atom is 0.140 e. The average molecular weight is 563 g/mol. The van der Waals surface area contributed by atoms with Gasteiger partial charge in [-0.2, -0.15) is 0 Å². The Morgan fingerprint density at radius 1 is 0.465 bits per heavy atom. The molecule has 1 heterocycles. The molecular weight excluding hydrogens is 524 g/mol. The Labute approximate surface area is 253 Å². The van der Waals surface area contributed by atoms with Crippen molar-refractivity contribution in [3.8, 4) is 0 Å². The monoisotopic (exact) mass is 562 g/mol. The Hall–Kier alpha value is -4.44. The number of nitrogens with one attached hydrogen (secondary N) is 2. The fraction of sp³-hybridized carbons (Fsp3) is 0.200. The van der Waals surface area contributed by atoms with Crippen LogP contribution in [0.15, 0.2) is 126 Å². The highest BCUT2D eigenvalue weighted by atomic mass is 16.3. The van der Waals surface area contributed by atoms with Crippen molar-refractivity contribution >= 4 is 43.5 Å². The van der Waals surface area contributed by atoms with Gasteiger partial charge in [0.15, 0.2) is 0 Å². The zero-order valence-electron chi connectivity index (χ0n) is 24.9. The van der Waals surface area contributed by atoms with E-state index in [-0.39, 0.29) is 12.1 Å². The first-order valence-electron chi connectivity index (χ1n) is 15.6. The van der Waals surface area contributed by atoms with Crippen molar-refractivity contribution < 1.29 is 4.42 Å². The van der Waals surface area contributed by atoms with Crippen LogP contribution in [0.25, 0.3) is 43.5 Å². The summed E-state index contributed by atoms with van der Waals surface area (Å²) < 4.78 is 6.84. The molecular formula is C40H38N2O. The molecule has 0 aliphatic heterocycles. The minimum Gasteiger partial charge on any atom is -0.455 e. The average Bonchev–Trinajstić information content (AvgIpc) is 3.45. The summed E-state index contributed by atoms with van der Waals surface area (Å²) in [6.07, 6.45) is 1.94. The highest BCUT2D eigenvalue weighted by molar-refractivity contribution is 6.07. The molecule has 0 aliphatic carbocycles. The quantitative estimate of drug-likeness (QED) is 0.174. The van der Waals surface area contributed by atoms with Crippen LogP contribution in [-0.4, -0.2) is 0 Å². The second kappa shape index (κ2) is 12.0. The number of fused-ring (bicyclic) bond motifs is 5. The highest BCUT2D eigenvalue weighted by Gasteiger charge is 2.21. The lowest BCUT2D eigenvalue weighted by molar-refractivity contribution is 0.507. The molecule has 0 spiro atoms. The summed E-state index contributed by atoms with van der Waals surface area (Å²) in [7, 11) is 0. The molecule has 7 aromatic rings. The van der Waals surface area contributed by atoms with Crippen molar-refractivity contribution in [1.82, 2.24) is 10.6 Å². The van der Waals surface area contributed by atoms with E-state index in [4.69, 9.17) is 4.42 Å². The van der Waals surface area contributed by atoms with Gasteiger partial charge in [0.25, 0.3) is 0 Å². The topological polar surface area (TPSA) is 37.2 Å².